The molecule has 0 bridgehead atoms. The Hall–Kier alpha value is -3.22. The quantitative estimate of drug-likeness (QED) is 0.423. The van der Waals surface area contributed by atoms with Crippen molar-refractivity contribution in [2.45, 2.75) is 25.8 Å². The molecule has 7 nitrogen and oxygen atoms in total. The first kappa shape index (κ1) is 19.1. The Labute approximate surface area is 151 Å². The van der Waals surface area contributed by atoms with Crippen molar-refractivity contribution in [3.8, 4) is 5.75 Å². The van der Waals surface area contributed by atoms with Crippen LogP contribution in [-0.4, -0.2) is 29.8 Å². The van der Waals surface area contributed by atoms with Gasteiger partial charge in [0.05, 0.1) is 10.5 Å². The molecule has 0 saturated carbocycles. The molecule has 0 radical (unpaired) electrons. The third-order valence-corrected chi connectivity index (χ3v) is 3.81. The molecule has 26 heavy (non-hydrogen) atoms. The molecule has 1 N–H and O–H groups in total. The topological polar surface area (TPSA) is 98.5 Å². The van der Waals surface area contributed by atoms with Crippen LogP contribution in [0.5, 0.6) is 5.75 Å². The van der Waals surface area contributed by atoms with E-state index >= 15 is 0 Å². The van der Waals surface area contributed by atoms with Crippen LogP contribution >= 0.6 is 0 Å². The number of hydrogen-bond acceptors (Lipinski definition) is 5. The van der Waals surface area contributed by atoms with E-state index in [-0.39, 0.29) is 35.6 Å². The molecule has 0 aliphatic carbocycles. The van der Waals surface area contributed by atoms with Gasteiger partial charge in [0.2, 0.25) is 0 Å². The summed E-state index contributed by atoms with van der Waals surface area (Å²) in [5.74, 6) is -0.182. The molecule has 0 unspecified atom stereocenters. The molecule has 136 valence electrons. The second-order valence-electron chi connectivity index (χ2n) is 5.88. The van der Waals surface area contributed by atoms with E-state index in [4.69, 9.17) is 4.74 Å². The van der Waals surface area contributed by atoms with Crippen molar-refractivity contribution in [3.05, 3.63) is 69.8 Å². The summed E-state index contributed by atoms with van der Waals surface area (Å²) in [5, 5.41) is 13.5. The average Bonchev–Trinajstić information content (AvgIpc) is 2.65. The molecule has 2 rings (SSSR count). The molecule has 1 atom stereocenters. The number of hydrogen-bond donors (Lipinski definition) is 1. The molecule has 0 aromatic heterocycles. The smallest absolute Gasteiger partial charge is 0.270 e. The highest BCUT2D eigenvalue weighted by Gasteiger charge is 2.13. The monoisotopic (exact) mass is 356 g/mol. The van der Waals surface area contributed by atoms with E-state index < -0.39 is 4.92 Å². The first-order valence-corrected chi connectivity index (χ1v) is 8.19. The molecular formula is C19H20N2O5. The zero-order valence-corrected chi connectivity index (χ0v) is 14.4. The Balaban J connectivity index is 1.82. The molecule has 2 aromatic rings. The largest absolute Gasteiger partial charge is 0.483 e. The van der Waals surface area contributed by atoms with E-state index in [2.05, 4.69) is 5.32 Å². The van der Waals surface area contributed by atoms with Crippen molar-refractivity contribution in [2.24, 2.45) is 0 Å². The SMILES string of the molecule is C[C@@H](CCc1ccccc1)NC(=O)COc1ccc([N+](=O)[O-])cc1C=O. The van der Waals surface area contributed by atoms with E-state index in [0.717, 1.165) is 18.9 Å². The summed E-state index contributed by atoms with van der Waals surface area (Å²) < 4.78 is 5.32. The van der Waals surface area contributed by atoms with Crippen LogP contribution in [0.25, 0.3) is 0 Å². The van der Waals surface area contributed by atoms with E-state index in [0.29, 0.717) is 6.29 Å². The van der Waals surface area contributed by atoms with Gasteiger partial charge in [-0.1, -0.05) is 30.3 Å². The van der Waals surface area contributed by atoms with E-state index in [9.17, 15) is 19.7 Å². The minimum Gasteiger partial charge on any atom is -0.483 e. The molecular weight excluding hydrogens is 336 g/mol. The van der Waals surface area contributed by atoms with Crippen LogP contribution in [0.3, 0.4) is 0 Å². The van der Waals surface area contributed by atoms with Gasteiger partial charge in [-0.05, 0) is 31.4 Å². The molecule has 0 fully saturated rings. The summed E-state index contributed by atoms with van der Waals surface area (Å²) in [6.45, 7) is 1.64. The average molecular weight is 356 g/mol. The lowest BCUT2D eigenvalue weighted by molar-refractivity contribution is -0.384. The summed E-state index contributed by atoms with van der Waals surface area (Å²) in [6.07, 6.45) is 2.09. The summed E-state index contributed by atoms with van der Waals surface area (Å²) in [4.78, 5) is 33.1. The maximum Gasteiger partial charge on any atom is 0.270 e. The van der Waals surface area contributed by atoms with Gasteiger partial charge in [0.1, 0.15) is 5.75 Å². The Morgan fingerprint density at radius 1 is 1.27 bits per heavy atom. The fourth-order valence-electron chi connectivity index (χ4n) is 2.43. The molecule has 0 spiro atoms. The summed E-state index contributed by atoms with van der Waals surface area (Å²) in [6, 6.07) is 13.6. The number of carbonyl (C=O) groups excluding carboxylic acids is 2. The number of amides is 1. The number of nitrogens with zero attached hydrogens (tertiary/aromatic N) is 1. The number of ether oxygens (including phenoxy) is 1. The summed E-state index contributed by atoms with van der Waals surface area (Å²) >= 11 is 0. The van der Waals surface area contributed by atoms with Crippen molar-refractivity contribution < 1.29 is 19.2 Å². The van der Waals surface area contributed by atoms with Crippen molar-refractivity contribution in [3.63, 3.8) is 0 Å². The Morgan fingerprint density at radius 3 is 2.65 bits per heavy atom. The Bertz CT molecular complexity index is 777. The summed E-state index contributed by atoms with van der Waals surface area (Å²) in [5.41, 5.74) is 1.02. The summed E-state index contributed by atoms with van der Waals surface area (Å²) in [7, 11) is 0. The first-order valence-electron chi connectivity index (χ1n) is 8.19. The molecule has 2 aromatic carbocycles. The van der Waals surface area contributed by atoms with Crippen LogP contribution in [0.1, 0.15) is 29.3 Å². The standard InChI is InChI=1S/C19H20N2O5/c1-14(7-8-15-5-3-2-4-6-15)20-19(23)13-26-18-10-9-17(21(24)25)11-16(18)12-22/h2-6,9-12,14H,7-8,13H2,1H3,(H,20,23)/t14-/m0/s1. The van der Waals surface area contributed by atoms with E-state index in [1.165, 1.54) is 17.7 Å². The van der Waals surface area contributed by atoms with Crippen LogP contribution in [0, 0.1) is 10.1 Å². The van der Waals surface area contributed by atoms with Gasteiger partial charge >= 0.3 is 0 Å². The van der Waals surface area contributed by atoms with Crippen molar-refractivity contribution in [2.75, 3.05) is 6.61 Å². The lowest BCUT2D eigenvalue weighted by atomic mass is 10.1. The molecule has 0 saturated heterocycles. The second kappa shape index (κ2) is 9.31. The van der Waals surface area contributed by atoms with Crippen molar-refractivity contribution in [1.29, 1.82) is 0 Å². The van der Waals surface area contributed by atoms with Gasteiger partial charge in [-0.15, -0.1) is 0 Å². The fraction of sp³-hybridized carbons (Fsp3) is 0.263. The van der Waals surface area contributed by atoms with E-state index in [1.807, 2.05) is 37.3 Å². The fourth-order valence-corrected chi connectivity index (χ4v) is 2.43. The van der Waals surface area contributed by atoms with Crippen molar-refractivity contribution >= 4 is 17.9 Å². The lowest BCUT2D eigenvalue weighted by Gasteiger charge is -2.14. The van der Waals surface area contributed by atoms with Crippen molar-refractivity contribution in [1.82, 2.24) is 5.32 Å². The van der Waals surface area contributed by atoms with Crippen LogP contribution < -0.4 is 10.1 Å². The van der Waals surface area contributed by atoms with Gasteiger partial charge in [-0.2, -0.15) is 0 Å². The Morgan fingerprint density at radius 2 is 2.00 bits per heavy atom. The molecule has 0 aliphatic heterocycles. The van der Waals surface area contributed by atoms with Gasteiger partial charge in [0, 0.05) is 18.2 Å². The highest BCUT2D eigenvalue weighted by Crippen LogP contribution is 2.22. The number of non-ortho nitro benzene ring substituents is 1. The number of carbonyl (C=O) groups is 2. The van der Waals surface area contributed by atoms with Gasteiger partial charge < -0.3 is 10.1 Å². The third-order valence-electron chi connectivity index (χ3n) is 3.81. The zero-order valence-electron chi connectivity index (χ0n) is 14.4. The maximum absolute atomic E-state index is 12.0. The molecule has 1 amide bonds. The number of nitro benzene ring substituents is 1. The minimum absolute atomic E-state index is 0.0316. The number of aryl methyl sites for hydroxylation is 1. The number of aldehydes is 1. The van der Waals surface area contributed by atoms with Crippen LogP contribution in [-0.2, 0) is 11.2 Å². The third kappa shape index (κ3) is 5.70. The van der Waals surface area contributed by atoms with Crippen LogP contribution in [0.15, 0.2) is 48.5 Å². The number of nitro groups is 1. The molecule has 7 heteroatoms. The van der Waals surface area contributed by atoms with Crippen LogP contribution in [0.2, 0.25) is 0 Å². The zero-order chi connectivity index (χ0) is 18.9. The molecule has 0 aliphatic rings. The highest BCUT2D eigenvalue weighted by molar-refractivity contribution is 5.82. The van der Waals surface area contributed by atoms with Gasteiger partial charge in [-0.3, -0.25) is 19.7 Å². The van der Waals surface area contributed by atoms with Crippen LogP contribution in [0.4, 0.5) is 5.69 Å². The highest BCUT2D eigenvalue weighted by atomic mass is 16.6. The molecule has 0 heterocycles. The second-order valence-corrected chi connectivity index (χ2v) is 5.88. The number of nitrogens with one attached hydrogen (secondary N) is 1. The predicted octanol–water partition coefficient (Wildman–Crippen LogP) is 2.92. The predicted molar refractivity (Wildman–Crippen MR) is 96.3 cm³/mol. The number of benzene rings is 2. The van der Waals surface area contributed by atoms with Gasteiger partial charge in [0.25, 0.3) is 11.6 Å². The maximum atomic E-state index is 12.0. The lowest BCUT2D eigenvalue weighted by Crippen LogP contribution is -2.36. The minimum atomic E-state index is -0.599. The van der Waals surface area contributed by atoms with Gasteiger partial charge in [-0.25, -0.2) is 0 Å². The van der Waals surface area contributed by atoms with Gasteiger partial charge in [0.15, 0.2) is 12.9 Å². The first-order chi connectivity index (χ1) is 12.5. The van der Waals surface area contributed by atoms with E-state index in [1.54, 1.807) is 0 Å². The Kier molecular flexibility index (Phi) is 6.84. The number of rotatable bonds is 9. The normalized spacial score (nSPS) is 11.4.